The van der Waals surface area contributed by atoms with Crippen molar-refractivity contribution < 1.29 is 4.74 Å². The lowest BCUT2D eigenvalue weighted by Crippen LogP contribution is -2.54. The second kappa shape index (κ2) is 3.76. The van der Waals surface area contributed by atoms with Gasteiger partial charge in [-0.1, -0.05) is 0 Å². The Bertz CT molecular complexity index is 176. The van der Waals surface area contributed by atoms with Crippen LogP contribution in [0.2, 0.25) is 0 Å². The molecule has 2 aliphatic rings. The van der Waals surface area contributed by atoms with Crippen LogP contribution in [-0.2, 0) is 4.74 Å². The second-order valence-corrected chi connectivity index (χ2v) is 4.86. The van der Waals surface area contributed by atoms with Crippen LogP contribution in [0.3, 0.4) is 0 Å². The number of nitrogens with zero attached hydrogens (tertiary/aromatic N) is 1. The van der Waals surface area contributed by atoms with Crippen LogP contribution in [0.15, 0.2) is 0 Å². The zero-order chi connectivity index (χ0) is 9.31. The van der Waals surface area contributed by atoms with Crippen molar-refractivity contribution in [2.75, 3.05) is 39.2 Å². The van der Waals surface area contributed by atoms with E-state index in [1.54, 1.807) is 0 Å². The summed E-state index contributed by atoms with van der Waals surface area (Å²) in [5.41, 5.74) is 0.316. The lowest BCUT2D eigenvalue weighted by molar-refractivity contribution is -0.142. The van der Waals surface area contributed by atoms with Gasteiger partial charge in [-0.05, 0) is 32.4 Å². The van der Waals surface area contributed by atoms with Gasteiger partial charge in [-0.15, -0.1) is 11.6 Å². The van der Waals surface area contributed by atoms with E-state index in [1.165, 1.54) is 25.9 Å². The number of likely N-dealkylation sites (tertiary alicyclic amines) is 1. The summed E-state index contributed by atoms with van der Waals surface area (Å²) in [7, 11) is 2.20. The summed E-state index contributed by atoms with van der Waals surface area (Å²) in [5.74, 6) is 1.53. The molecule has 0 aromatic carbocycles. The van der Waals surface area contributed by atoms with Gasteiger partial charge < -0.3 is 9.64 Å². The van der Waals surface area contributed by atoms with E-state index < -0.39 is 0 Å². The minimum atomic E-state index is 0.316. The van der Waals surface area contributed by atoms with Gasteiger partial charge in [0.2, 0.25) is 0 Å². The standard InChI is InChI=1S/C10H18ClNO/c1-12-4-2-3-9(5-12)10(6-11)7-13-8-10/h9H,2-8H2,1H3. The maximum Gasteiger partial charge on any atom is 0.0559 e. The summed E-state index contributed by atoms with van der Waals surface area (Å²) in [6.07, 6.45) is 2.65. The first-order valence-corrected chi connectivity index (χ1v) is 5.62. The summed E-state index contributed by atoms with van der Waals surface area (Å²) in [6, 6.07) is 0. The normalized spacial score (nSPS) is 34.2. The average Bonchev–Trinajstić information content (AvgIpc) is 2.03. The van der Waals surface area contributed by atoms with Crippen LogP contribution in [-0.4, -0.2) is 44.1 Å². The van der Waals surface area contributed by atoms with E-state index >= 15 is 0 Å². The maximum atomic E-state index is 6.04. The Labute approximate surface area is 85.2 Å². The largest absolute Gasteiger partial charge is 0.380 e. The van der Waals surface area contributed by atoms with Crippen molar-refractivity contribution in [3.63, 3.8) is 0 Å². The number of hydrogen-bond acceptors (Lipinski definition) is 2. The smallest absolute Gasteiger partial charge is 0.0559 e. The van der Waals surface area contributed by atoms with Crippen LogP contribution in [0.5, 0.6) is 0 Å². The van der Waals surface area contributed by atoms with Gasteiger partial charge in [-0.25, -0.2) is 0 Å². The van der Waals surface area contributed by atoms with E-state index in [0.29, 0.717) is 5.41 Å². The van der Waals surface area contributed by atoms with Crippen molar-refractivity contribution in [2.24, 2.45) is 11.3 Å². The molecule has 2 rings (SSSR count). The summed E-state index contributed by atoms with van der Waals surface area (Å²) >= 11 is 6.04. The van der Waals surface area contributed by atoms with E-state index in [4.69, 9.17) is 16.3 Å². The quantitative estimate of drug-likeness (QED) is 0.632. The number of hydrogen-bond donors (Lipinski definition) is 0. The van der Waals surface area contributed by atoms with Crippen LogP contribution >= 0.6 is 11.6 Å². The molecule has 0 spiro atoms. The Kier molecular flexibility index (Phi) is 2.82. The van der Waals surface area contributed by atoms with E-state index in [9.17, 15) is 0 Å². The Morgan fingerprint density at radius 2 is 2.31 bits per heavy atom. The number of ether oxygens (including phenoxy) is 1. The predicted octanol–water partition coefficient (Wildman–Crippen LogP) is 1.58. The first-order chi connectivity index (χ1) is 6.27. The van der Waals surface area contributed by atoms with Gasteiger partial charge in [0.05, 0.1) is 13.2 Å². The van der Waals surface area contributed by atoms with Crippen LogP contribution in [0.25, 0.3) is 0 Å². The number of piperidine rings is 1. The van der Waals surface area contributed by atoms with Crippen LogP contribution in [0.4, 0.5) is 0 Å². The van der Waals surface area contributed by atoms with Gasteiger partial charge in [-0.3, -0.25) is 0 Å². The third-order valence-electron chi connectivity index (χ3n) is 3.54. The molecule has 0 aliphatic carbocycles. The van der Waals surface area contributed by atoms with E-state index in [0.717, 1.165) is 25.0 Å². The molecule has 2 fully saturated rings. The highest BCUT2D eigenvalue weighted by Crippen LogP contribution is 2.41. The summed E-state index contributed by atoms with van der Waals surface area (Å²) in [5, 5.41) is 0. The highest BCUT2D eigenvalue weighted by atomic mass is 35.5. The minimum absolute atomic E-state index is 0.316. The average molecular weight is 204 g/mol. The van der Waals surface area contributed by atoms with Gasteiger partial charge in [0.25, 0.3) is 0 Å². The second-order valence-electron chi connectivity index (χ2n) is 4.59. The highest BCUT2D eigenvalue weighted by Gasteiger charge is 2.45. The monoisotopic (exact) mass is 203 g/mol. The molecule has 0 aromatic rings. The molecule has 2 saturated heterocycles. The van der Waals surface area contributed by atoms with Gasteiger partial charge in [0.1, 0.15) is 0 Å². The van der Waals surface area contributed by atoms with E-state index in [2.05, 4.69) is 11.9 Å². The van der Waals surface area contributed by atoms with Gasteiger partial charge >= 0.3 is 0 Å². The van der Waals surface area contributed by atoms with Crippen molar-refractivity contribution in [2.45, 2.75) is 12.8 Å². The predicted molar refractivity (Wildman–Crippen MR) is 54.2 cm³/mol. The molecule has 13 heavy (non-hydrogen) atoms. The molecule has 2 heterocycles. The van der Waals surface area contributed by atoms with Crippen molar-refractivity contribution in [3.05, 3.63) is 0 Å². The molecule has 0 amide bonds. The molecule has 2 aliphatic heterocycles. The summed E-state index contributed by atoms with van der Waals surface area (Å²) in [6.45, 7) is 4.22. The van der Waals surface area contributed by atoms with Crippen molar-refractivity contribution in [3.8, 4) is 0 Å². The zero-order valence-electron chi connectivity index (χ0n) is 8.26. The lowest BCUT2D eigenvalue weighted by atomic mass is 9.71. The van der Waals surface area contributed by atoms with Gasteiger partial charge in [0, 0.05) is 17.8 Å². The van der Waals surface area contributed by atoms with Crippen LogP contribution < -0.4 is 0 Å². The summed E-state index contributed by atoms with van der Waals surface area (Å²) in [4.78, 5) is 2.42. The third kappa shape index (κ3) is 1.72. The number of rotatable bonds is 2. The van der Waals surface area contributed by atoms with Crippen LogP contribution in [0.1, 0.15) is 12.8 Å². The molecule has 1 atom stereocenters. The number of halogens is 1. The SMILES string of the molecule is CN1CCCC(C2(CCl)COC2)C1. The Balaban J connectivity index is 1.97. The maximum absolute atomic E-state index is 6.04. The fourth-order valence-electron chi connectivity index (χ4n) is 2.45. The Morgan fingerprint density at radius 1 is 1.54 bits per heavy atom. The van der Waals surface area contributed by atoms with Gasteiger partial charge in [0.15, 0.2) is 0 Å². The highest BCUT2D eigenvalue weighted by molar-refractivity contribution is 6.18. The molecule has 0 saturated carbocycles. The molecule has 1 unspecified atom stereocenters. The molecule has 3 heteroatoms. The first kappa shape index (κ1) is 9.75. The lowest BCUT2D eigenvalue weighted by Gasteiger charge is -2.49. The molecule has 2 nitrogen and oxygen atoms in total. The first-order valence-electron chi connectivity index (χ1n) is 5.09. The molecule has 0 bridgehead atoms. The fourth-order valence-corrected chi connectivity index (χ4v) is 2.82. The topological polar surface area (TPSA) is 12.5 Å². The van der Waals surface area contributed by atoms with E-state index in [-0.39, 0.29) is 0 Å². The Hall–Kier alpha value is 0.210. The van der Waals surface area contributed by atoms with Crippen LogP contribution in [0, 0.1) is 11.3 Å². The number of alkyl halides is 1. The molecular formula is C10H18ClNO. The third-order valence-corrected chi connectivity index (χ3v) is 4.07. The Morgan fingerprint density at radius 3 is 2.77 bits per heavy atom. The van der Waals surface area contributed by atoms with Crippen molar-refractivity contribution >= 4 is 11.6 Å². The van der Waals surface area contributed by atoms with Crippen molar-refractivity contribution in [1.29, 1.82) is 0 Å². The molecule has 0 radical (unpaired) electrons. The van der Waals surface area contributed by atoms with Crippen molar-refractivity contribution in [1.82, 2.24) is 4.90 Å². The summed E-state index contributed by atoms with van der Waals surface area (Å²) < 4.78 is 5.31. The molecular weight excluding hydrogens is 186 g/mol. The molecule has 0 aromatic heterocycles. The van der Waals surface area contributed by atoms with E-state index in [1.807, 2.05) is 0 Å². The fraction of sp³-hybridized carbons (Fsp3) is 1.00. The minimum Gasteiger partial charge on any atom is -0.380 e. The molecule has 0 N–H and O–H groups in total. The van der Waals surface area contributed by atoms with Gasteiger partial charge in [-0.2, -0.15) is 0 Å². The molecule has 76 valence electrons. The zero-order valence-corrected chi connectivity index (χ0v) is 9.02.